The molecule has 0 aromatic carbocycles. The number of hydrogen-bond acceptors (Lipinski definition) is 7. The third-order valence-corrected chi connectivity index (χ3v) is 5.10. The highest BCUT2D eigenvalue weighted by Crippen LogP contribution is 2.46. The number of oxime groups is 1. The van der Waals surface area contributed by atoms with E-state index in [0.29, 0.717) is 12.0 Å². The summed E-state index contributed by atoms with van der Waals surface area (Å²) in [5.74, 6) is -0.460. The van der Waals surface area contributed by atoms with E-state index in [1.165, 1.54) is 0 Å². The molecule has 0 radical (unpaired) electrons. The molecule has 3 heterocycles. The van der Waals surface area contributed by atoms with Crippen molar-refractivity contribution in [2.45, 2.75) is 25.7 Å². The van der Waals surface area contributed by atoms with Crippen molar-refractivity contribution in [3.8, 4) is 6.01 Å². The Hall–Kier alpha value is -2.35. The van der Waals surface area contributed by atoms with Crippen LogP contribution >= 0.6 is 0 Å². The molecule has 2 aromatic heterocycles. The fourth-order valence-corrected chi connectivity index (χ4v) is 3.38. The lowest BCUT2D eigenvalue weighted by atomic mass is 10.0. The Morgan fingerprint density at radius 2 is 2.04 bits per heavy atom. The Labute approximate surface area is 151 Å². The second-order valence-electron chi connectivity index (χ2n) is 7.12. The maximum absolute atomic E-state index is 13.8. The van der Waals surface area contributed by atoms with E-state index in [2.05, 4.69) is 25.0 Å². The molecule has 26 heavy (non-hydrogen) atoms. The van der Waals surface area contributed by atoms with Gasteiger partial charge in [-0.05, 0) is 12.8 Å². The molecule has 0 unspecified atom stereocenters. The summed E-state index contributed by atoms with van der Waals surface area (Å²) < 4.78 is 19.6. The molecule has 4 rings (SSSR count). The lowest BCUT2D eigenvalue weighted by molar-refractivity contribution is 0.151. The maximum Gasteiger partial charge on any atom is 0.317 e. The molecule has 0 N–H and O–H groups in total. The molecule has 1 aliphatic carbocycles. The Bertz CT molecular complexity index is 814. The molecular weight excluding hydrogens is 337 g/mol. The number of pyridine rings is 1. The summed E-state index contributed by atoms with van der Waals surface area (Å²) in [6.07, 6.45) is 8.41. The average molecular weight is 359 g/mol. The fraction of sp³-hybridized carbons (Fsp3) is 0.556. The highest BCUT2D eigenvalue weighted by molar-refractivity contribution is 5.84. The quantitative estimate of drug-likeness (QED) is 0.738. The van der Waals surface area contributed by atoms with Gasteiger partial charge < -0.3 is 14.5 Å². The van der Waals surface area contributed by atoms with Gasteiger partial charge in [0.2, 0.25) is 0 Å². The van der Waals surface area contributed by atoms with Gasteiger partial charge in [0.25, 0.3) is 0 Å². The highest BCUT2D eigenvalue weighted by atomic mass is 19.1. The predicted molar refractivity (Wildman–Crippen MR) is 94.6 cm³/mol. The molecule has 0 amide bonds. The zero-order chi connectivity index (χ0) is 18.0. The van der Waals surface area contributed by atoms with Crippen molar-refractivity contribution in [3.63, 3.8) is 0 Å². The zero-order valence-corrected chi connectivity index (χ0v) is 14.8. The second-order valence-corrected chi connectivity index (χ2v) is 7.12. The van der Waals surface area contributed by atoms with Crippen LogP contribution in [0.25, 0.3) is 10.9 Å². The second kappa shape index (κ2) is 7.11. The molecule has 1 aliphatic heterocycles. The van der Waals surface area contributed by atoms with Crippen LogP contribution in [0.4, 0.5) is 4.39 Å². The number of aromatic nitrogens is 3. The maximum atomic E-state index is 13.8. The van der Waals surface area contributed by atoms with Crippen molar-refractivity contribution in [1.29, 1.82) is 0 Å². The number of hydrogen-bond donors (Lipinski definition) is 0. The van der Waals surface area contributed by atoms with E-state index in [0.717, 1.165) is 57.2 Å². The molecule has 0 bridgehead atoms. The summed E-state index contributed by atoms with van der Waals surface area (Å²) in [5, 5.41) is 4.62. The van der Waals surface area contributed by atoms with Crippen LogP contribution < -0.4 is 4.74 Å². The minimum atomic E-state index is -0.460. The molecular formula is C18H22FN5O2. The van der Waals surface area contributed by atoms with Crippen LogP contribution in [0.15, 0.2) is 23.7 Å². The van der Waals surface area contributed by atoms with Gasteiger partial charge >= 0.3 is 6.01 Å². The smallest absolute Gasteiger partial charge is 0.317 e. The van der Waals surface area contributed by atoms with Gasteiger partial charge in [0.1, 0.15) is 12.6 Å². The first-order valence-electron chi connectivity index (χ1n) is 8.88. The Morgan fingerprint density at radius 1 is 1.23 bits per heavy atom. The van der Waals surface area contributed by atoms with Crippen LogP contribution in [0.1, 0.15) is 25.7 Å². The lowest BCUT2D eigenvalue weighted by Gasteiger charge is -2.30. The molecule has 2 aromatic rings. The normalized spacial score (nSPS) is 19.4. The Morgan fingerprint density at radius 3 is 2.77 bits per heavy atom. The molecule has 8 heteroatoms. The van der Waals surface area contributed by atoms with Gasteiger partial charge in [-0.3, -0.25) is 4.98 Å². The van der Waals surface area contributed by atoms with E-state index in [-0.39, 0.29) is 16.9 Å². The summed E-state index contributed by atoms with van der Waals surface area (Å²) >= 11 is 0. The first kappa shape index (κ1) is 17.1. The van der Waals surface area contributed by atoms with Gasteiger partial charge in [0.05, 0.1) is 18.5 Å². The summed E-state index contributed by atoms with van der Waals surface area (Å²) in [5.41, 5.74) is 1.53. The largest absolute Gasteiger partial charge is 0.463 e. The van der Waals surface area contributed by atoms with Crippen molar-refractivity contribution in [1.82, 2.24) is 19.9 Å². The van der Waals surface area contributed by atoms with E-state index in [4.69, 9.17) is 9.57 Å². The number of rotatable bonds is 6. The van der Waals surface area contributed by atoms with Crippen molar-refractivity contribution in [2.24, 2.45) is 10.6 Å². The van der Waals surface area contributed by atoms with Crippen LogP contribution in [0.3, 0.4) is 0 Å². The van der Waals surface area contributed by atoms with E-state index in [1.54, 1.807) is 19.5 Å². The summed E-state index contributed by atoms with van der Waals surface area (Å²) in [7, 11) is 1.59. The highest BCUT2D eigenvalue weighted by Gasteiger charge is 2.45. The van der Waals surface area contributed by atoms with E-state index in [1.807, 2.05) is 0 Å². The van der Waals surface area contributed by atoms with Gasteiger partial charge in [-0.25, -0.2) is 9.37 Å². The van der Waals surface area contributed by atoms with Crippen molar-refractivity contribution < 1.29 is 14.0 Å². The van der Waals surface area contributed by atoms with Crippen molar-refractivity contribution in [2.75, 3.05) is 33.4 Å². The van der Waals surface area contributed by atoms with Crippen molar-refractivity contribution >= 4 is 16.6 Å². The average Bonchev–Trinajstić information content (AvgIpc) is 3.42. The van der Waals surface area contributed by atoms with Crippen LogP contribution in [-0.4, -0.2) is 58.9 Å². The van der Waals surface area contributed by atoms with Crippen LogP contribution in [0.2, 0.25) is 0 Å². The number of nitrogens with zero attached hydrogens (tertiary/aromatic N) is 5. The molecule has 2 fully saturated rings. The summed E-state index contributed by atoms with van der Waals surface area (Å²) in [6, 6.07) is 0.224. The first-order chi connectivity index (χ1) is 12.7. The summed E-state index contributed by atoms with van der Waals surface area (Å²) in [4.78, 5) is 19.5. The minimum absolute atomic E-state index is 0.158. The van der Waals surface area contributed by atoms with Gasteiger partial charge in [0.15, 0.2) is 5.82 Å². The number of likely N-dealkylation sites (tertiary alicyclic amines) is 1. The van der Waals surface area contributed by atoms with Crippen LogP contribution in [0.5, 0.6) is 6.01 Å². The van der Waals surface area contributed by atoms with Crippen LogP contribution in [-0.2, 0) is 4.84 Å². The van der Waals surface area contributed by atoms with Gasteiger partial charge in [-0.15, -0.1) is 0 Å². The Balaban J connectivity index is 1.34. The van der Waals surface area contributed by atoms with Crippen molar-refractivity contribution in [3.05, 3.63) is 24.4 Å². The number of fused-ring (bicyclic) bond motifs is 1. The van der Waals surface area contributed by atoms with Gasteiger partial charge in [0, 0.05) is 55.7 Å². The standard InChI is InChI=1S/C18H22FN5O2/c1-25-23-14-2-6-24(7-3-14)11-18(4-5-18)12-26-17-21-9-13-8-20-10-15(19)16(13)22-17/h8-10H,2-7,11-12H2,1H3. The number of piperidine rings is 1. The molecule has 1 saturated heterocycles. The monoisotopic (exact) mass is 359 g/mol. The molecule has 138 valence electrons. The number of ether oxygens (including phenoxy) is 1. The molecule has 0 atom stereocenters. The third-order valence-electron chi connectivity index (χ3n) is 5.10. The van der Waals surface area contributed by atoms with E-state index < -0.39 is 5.82 Å². The fourth-order valence-electron chi connectivity index (χ4n) is 3.38. The first-order valence-corrected chi connectivity index (χ1v) is 8.88. The third kappa shape index (κ3) is 3.75. The van der Waals surface area contributed by atoms with Crippen LogP contribution in [0, 0.1) is 11.2 Å². The molecule has 1 saturated carbocycles. The van der Waals surface area contributed by atoms with Gasteiger partial charge in [-0.1, -0.05) is 5.16 Å². The zero-order valence-electron chi connectivity index (χ0n) is 14.8. The molecule has 7 nitrogen and oxygen atoms in total. The SMILES string of the molecule is CON=C1CCN(CC2(COc3ncc4cncc(F)c4n3)CC2)CC1. The molecule has 0 spiro atoms. The minimum Gasteiger partial charge on any atom is -0.463 e. The topological polar surface area (TPSA) is 72.7 Å². The van der Waals surface area contributed by atoms with E-state index >= 15 is 0 Å². The Kier molecular flexibility index (Phi) is 4.67. The summed E-state index contributed by atoms with van der Waals surface area (Å²) in [6.45, 7) is 3.54. The predicted octanol–water partition coefficient (Wildman–Crippen LogP) is 2.42. The lowest BCUT2D eigenvalue weighted by Crippen LogP contribution is -2.39. The molecule has 2 aliphatic rings. The van der Waals surface area contributed by atoms with E-state index in [9.17, 15) is 4.39 Å². The van der Waals surface area contributed by atoms with Gasteiger partial charge in [-0.2, -0.15) is 4.98 Å². The number of halogens is 1.